The Morgan fingerprint density at radius 2 is 2.30 bits per heavy atom. The van der Waals surface area contributed by atoms with Crippen LogP contribution in [0.15, 0.2) is 0 Å². The number of rotatable bonds is 6. The van der Waals surface area contributed by atoms with Crippen molar-refractivity contribution in [3.8, 4) is 0 Å². The summed E-state index contributed by atoms with van der Waals surface area (Å²) in [7, 11) is 1.96. The van der Waals surface area contributed by atoms with Gasteiger partial charge < -0.3 is 19.7 Å². The van der Waals surface area contributed by atoms with Crippen LogP contribution in [0.5, 0.6) is 0 Å². The summed E-state index contributed by atoms with van der Waals surface area (Å²) in [5.41, 5.74) is 0. The van der Waals surface area contributed by atoms with E-state index in [0.717, 1.165) is 45.5 Å². The van der Waals surface area contributed by atoms with Crippen molar-refractivity contribution in [3.05, 3.63) is 0 Å². The van der Waals surface area contributed by atoms with Crippen LogP contribution in [-0.2, 0) is 14.3 Å². The van der Waals surface area contributed by atoms with Gasteiger partial charge in [-0.15, -0.1) is 0 Å². The highest BCUT2D eigenvalue weighted by atomic mass is 16.5. The molecule has 2 fully saturated rings. The molecule has 1 N–H and O–H groups in total. The number of amides is 1. The highest BCUT2D eigenvalue weighted by molar-refractivity contribution is 5.80. The molecule has 2 rings (SSSR count). The molecule has 0 aromatic heterocycles. The van der Waals surface area contributed by atoms with Gasteiger partial charge in [-0.3, -0.25) is 4.79 Å². The normalized spacial score (nSPS) is 28.6. The van der Waals surface area contributed by atoms with Crippen molar-refractivity contribution < 1.29 is 14.3 Å². The summed E-state index contributed by atoms with van der Waals surface area (Å²) in [6.45, 7) is 5.92. The van der Waals surface area contributed by atoms with Crippen LogP contribution in [0, 0.1) is 5.92 Å². The third-order valence-corrected chi connectivity index (χ3v) is 4.24. The van der Waals surface area contributed by atoms with Crippen LogP contribution in [0.25, 0.3) is 0 Å². The maximum absolute atomic E-state index is 12.3. The van der Waals surface area contributed by atoms with E-state index in [-0.39, 0.29) is 18.1 Å². The Labute approximate surface area is 122 Å². The first-order valence-corrected chi connectivity index (χ1v) is 7.87. The standard InChI is InChI=1S/C15H28N2O3/c1-12(20-11-14-5-3-4-8-19-14)15(18)17-7-6-13(10-17)9-16-2/h12-14,16H,3-11H2,1-2H3. The summed E-state index contributed by atoms with van der Waals surface area (Å²) < 4.78 is 11.3. The molecular weight excluding hydrogens is 256 g/mol. The molecular formula is C15H28N2O3. The van der Waals surface area contributed by atoms with Crippen molar-refractivity contribution in [2.75, 3.05) is 39.9 Å². The van der Waals surface area contributed by atoms with E-state index in [1.807, 2.05) is 18.9 Å². The Morgan fingerprint density at radius 1 is 1.45 bits per heavy atom. The van der Waals surface area contributed by atoms with E-state index in [1.54, 1.807) is 0 Å². The number of nitrogens with one attached hydrogen (secondary N) is 1. The quantitative estimate of drug-likeness (QED) is 0.791. The minimum atomic E-state index is -0.353. The van der Waals surface area contributed by atoms with Gasteiger partial charge in [0.25, 0.3) is 5.91 Å². The molecule has 0 radical (unpaired) electrons. The summed E-state index contributed by atoms with van der Waals surface area (Å²) >= 11 is 0. The molecule has 0 saturated carbocycles. The Hall–Kier alpha value is -0.650. The van der Waals surface area contributed by atoms with Gasteiger partial charge in [-0.1, -0.05) is 0 Å². The Kier molecular flexibility index (Phi) is 6.26. The number of likely N-dealkylation sites (tertiary alicyclic amines) is 1. The summed E-state index contributed by atoms with van der Waals surface area (Å²) in [4.78, 5) is 14.2. The van der Waals surface area contributed by atoms with Crippen molar-refractivity contribution in [2.24, 2.45) is 5.92 Å². The second-order valence-electron chi connectivity index (χ2n) is 5.96. The Balaban J connectivity index is 1.69. The van der Waals surface area contributed by atoms with Crippen LogP contribution >= 0.6 is 0 Å². The van der Waals surface area contributed by atoms with Gasteiger partial charge in [-0.25, -0.2) is 0 Å². The predicted octanol–water partition coefficient (Wildman–Crippen LogP) is 1.03. The van der Waals surface area contributed by atoms with Crippen LogP contribution < -0.4 is 5.32 Å². The minimum Gasteiger partial charge on any atom is -0.376 e. The first-order chi connectivity index (χ1) is 9.70. The fourth-order valence-corrected chi connectivity index (χ4v) is 3.01. The van der Waals surface area contributed by atoms with E-state index in [4.69, 9.17) is 9.47 Å². The molecule has 1 amide bonds. The molecule has 20 heavy (non-hydrogen) atoms. The minimum absolute atomic E-state index is 0.124. The number of ether oxygens (including phenoxy) is 2. The number of hydrogen-bond acceptors (Lipinski definition) is 4. The molecule has 0 aliphatic carbocycles. The largest absolute Gasteiger partial charge is 0.376 e. The van der Waals surface area contributed by atoms with Gasteiger partial charge in [0.15, 0.2) is 0 Å². The maximum atomic E-state index is 12.3. The number of nitrogens with zero attached hydrogens (tertiary/aromatic N) is 1. The molecule has 0 spiro atoms. The van der Waals surface area contributed by atoms with Gasteiger partial charge in [0, 0.05) is 19.7 Å². The van der Waals surface area contributed by atoms with Crippen molar-refractivity contribution in [1.82, 2.24) is 10.2 Å². The third-order valence-electron chi connectivity index (χ3n) is 4.24. The lowest BCUT2D eigenvalue weighted by atomic mass is 10.1. The van der Waals surface area contributed by atoms with Gasteiger partial charge >= 0.3 is 0 Å². The molecule has 116 valence electrons. The summed E-state index contributed by atoms with van der Waals surface area (Å²) in [5, 5.41) is 3.18. The van der Waals surface area contributed by atoms with E-state index in [2.05, 4.69) is 5.32 Å². The molecule has 0 bridgehead atoms. The van der Waals surface area contributed by atoms with Gasteiger partial charge in [-0.05, 0) is 52.1 Å². The highest BCUT2D eigenvalue weighted by Gasteiger charge is 2.29. The Morgan fingerprint density at radius 3 is 3.00 bits per heavy atom. The van der Waals surface area contributed by atoms with Crippen molar-refractivity contribution in [1.29, 1.82) is 0 Å². The van der Waals surface area contributed by atoms with Crippen LogP contribution in [0.4, 0.5) is 0 Å². The molecule has 5 heteroatoms. The molecule has 0 aromatic rings. The maximum Gasteiger partial charge on any atom is 0.251 e. The predicted molar refractivity (Wildman–Crippen MR) is 77.6 cm³/mol. The first kappa shape index (κ1) is 15.7. The van der Waals surface area contributed by atoms with Crippen LogP contribution in [0.3, 0.4) is 0 Å². The fraction of sp³-hybridized carbons (Fsp3) is 0.933. The van der Waals surface area contributed by atoms with Gasteiger partial charge in [-0.2, -0.15) is 0 Å². The average Bonchev–Trinajstić information content (AvgIpc) is 2.94. The van der Waals surface area contributed by atoms with Gasteiger partial charge in [0.2, 0.25) is 0 Å². The lowest BCUT2D eigenvalue weighted by Crippen LogP contribution is -2.39. The molecule has 5 nitrogen and oxygen atoms in total. The average molecular weight is 284 g/mol. The van der Waals surface area contributed by atoms with Crippen molar-refractivity contribution in [2.45, 2.75) is 44.8 Å². The zero-order chi connectivity index (χ0) is 14.4. The second-order valence-corrected chi connectivity index (χ2v) is 5.96. The third kappa shape index (κ3) is 4.43. The highest BCUT2D eigenvalue weighted by Crippen LogP contribution is 2.18. The van der Waals surface area contributed by atoms with E-state index >= 15 is 0 Å². The molecule has 0 aromatic carbocycles. The van der Waals surface area contributed by atoms with Crippen molar-refractivity contribution >= 4 is 5.91 Å². The van der Waals surface area contributed by atoms with Crippen LogP contribution in [0.2, 0.25) is 0 Å². The zero-order valence-corrected chi connectivity index (χ0v) is 12.8. The van der Waals surface area contributed by atoms with Crippen LogP contribution in [-0.4, -0.2) is 62.9 Å². The Bertz CT molecular complexity index is 305. The van der Waals surface area contributed by atoms with E-state index in [1.165, 1.54) is 6.42 Å². The SMILES string of the molecule is CNCC1CCN(C(=O)C(C)OCC2CCCCO2)C1. The lowest BCUT2D eigenvalue weighted by molar-refractivity contribution is -0.145. The van der Waals surface area contributed by atoms with Crippen LogP contribution in [0.1, 0.15) is 32.6 Å². The number of carbonyl (C=O) groups is 1. The topological polar surface area (TPSA) is 50.8 Å². The van der Waals surface area contributed by atoms with Gasteiger partial charge in [0.1, 0.15) is 6.10 Å². The van der Waals surface area contributed by atoms with E-state index in [0.29, 0.717) is 12.5 Å². The molecule has 2 heterocycles. The molecule has 3 unspecified atom stereocenters. The second kappa shape index (κ2) is 7.96. The summed E-state index contributed by atoms with van der Waals surface area (Å²) in [6.07, 6.45) is 4.31. The molecule has 2 aliphatic rings. The fourth-order valence-electron chi connectivity index (χ4n) is 3.01. The zero-order valence-electron chi connectivity index (χ0n) is 12.8. The first-order valence-electron chi connectivity index (χ1n) is 7.87. The molecule has 2 aliphatic heterocycles. The molecule has 2 saturated heterocycles. The summed E-state index contributed by atoms with van der Waals surface area (Å²) in [6, 6.07) is 0. The monoisotopic (exact) mass is 284 g/mol. The number of hydrogen-bond donors (Lipinski definition) is 1. The lowest BCUT2D eigenvalue weighted by Gasteiger charge is -2.25. The number of carbonyl (C=O) groups excluding carboxylic acids is 1. The smallest absolute Gasteiger partial charge is 0.251 e. The molecule has 3 atom stereocenters. The van der Waals surface area contributed by atoms with E-state index in [9.17, 15) is 4.79 Å². The van der Waals surface area contributed by atoms with Crippen molar-refractivity contribution in [3.63, 3.8) is 0 Å². The summed E-state index contributed by atoms with van der Waals surface area (Å²) in [5.74, 6) is 0.706. The van der Waals surface area contributed by atoms with Gasteiger partial charge in [0.05, 0.1) is 12.7 Å². The van der Waals surface area contributed by atoms with E-state index < -0.39 is 0 Å².